The van der Waals surface area contributed by atoms with Crippen LogP contribution < -0.4 is 16.2 Å². The Balaban J connectivity index is 2.23. The molecular weight excluding hydrogens is 254 g/mol. The Hall–Kier alpha value is -1.41. The van der Waals surface area contributed by atoms with Crippen LogP contribution in [0.3, 0.4) is 0 Å². The first kappa shape index (κ1) is 13.0. The minimum atomic E-state index is -2.90. The van der Waals surface area contributed by atoms with Gasteiger partial charge >= 0.3 is 0 Å². The molecule has 0 bridgehead atoms. The molecule has 18 heavy (non-hydrogen) atoms. The number of nitrogens with one attached hydrogen (secondary N) is 1. The van der Waals surface area contributed by atoms with Gasteiger partial charge in [-0.2, -0.15) is 0 Å². The Morgan fingerprint density at radius 3 is 2.78 bits per heavy atom. The van der Waals surface area contributed by atoms with Gasteiger partial charge in [-0.15, -0.1) is 0 Å². The van der Waals surface area contributed by atoms with Crippen molar-refractivity contribution in [3.05, 3.63) is 11.9 Å². The van der Waals surface area contributed by atoms with Gasteiger partial charge in [-0.05, 0) is 13.3 Å². The topological polar surface area (TPSA) is 101 Å². The summed E-state index contributed by atoms with van der Waals surface area (Å²) >= 11 is 0. The normalized spacial score (nSPS) is 21.8. The molecule has 0 aliphatic carbocycles. The molecule has 100 valence electrons. The highest BCUT2D eigenvalue weighted by atomic mass is 32.2. The van der Waals surface area contributed by atoms with Crippen LogP contribution in [0.5, 0.6) is 0 Å². The zero-order chi connectivity index (χ0) is 13.3. The lowest BCUT2D eigenvalue weighted by Crippen LogP contribution is -2.33. The molecule has 0 spiro atoms. The number of aromatic nitrogens is 2. The van der Waals surface area contributed by atoms with Gasteiger partial charge in [0.15, 0.2) is 9.84 Å². The van der Waals surface area contributed by atoms with E-state index < -0.39 is 9.84 Å². The fourth-order valence-electron chi connectivity index (χ4n) is 2.07. The van der Waals surface area contributed by atoms with Crippen LogP contribution in [0.4, 0.5) is 11.6 Å². The number of nitrogen functional groups attached to an aromatic ring is 1. The summed E-state index contributed by atoms with van der Waals surface area (Å²) in [4.78, 5) is 10.3. The first-order valence-corrected chi connectivity index (χ1v) is 7.49. The van der Waals surface area contributed by atoms with Crippen molar-refractivity contribution in [1.82, 2.24) is 9.97 Å². The summed E-state index contributed by atoms with van der Waals surface area (Å²) in [6.07, 6.45) is 0.632. The maximum Gasteiger partial charge on any atom is 0.152 e. The quantitative estimate of drug-likeness (QED) is 0.574. The number of nitrogens with two attached hydrogens (primary N) is 1. The number of hydrogen-bond acceptors (Lipinski definition) is 7. The molecule has 7 nitrogen and oxygen atoms in total. The molecule has 1 aliphatic heterocycles. The van der Waals surface area contributed by atoms with Crippen LogP contribution in [0.1, 0.15) is 12.2 Å². The second-order valence-electron chi connectivity index (χ2n) is 4.47. The van der Waals surface area contributed by atoms with Gasteiger partial charge in [0.25, 0.3) is 0 Å². The maximum atomic E-state index is 11.5. The summed E-state index contributed by atoms with van der Waals surface area (Å²) in [5.74, 6) is 7.54. The second kappa shape index (κ2) is 4.69. The van der Waals surface area contributed by atoms with E-state index in [1.807, 2.05) is 11.9 Å². The number of hydrogen-bond donors (Lipinski definition) is 2. The predicted octanol–water partition coefficient (Wildman–Crippen LogP) is -0.306. The molecule has 1 saturated heterocycles. The SMILES string of the molecule is Cc1nc(NN)cc(N(C)C2CCS(=O)(=O)C2)n1. The number of sulfone groups is 1. The van der Waals surface area contributed by atoms with Gasteiger partial charge < -0.3 is 10.3 Å². The number of nitrogens with zero attached hydrogens (tertiary/aromatic N) is 3. The van der Waals surface area contributed by atoms with E-state index in [1.165, 1.54) is 0 Å². The lowest BCUT2D eigenvalue weighted by atomic mass is 10.2. The largest absolute Gasteiger partial charge is 0.355 e. The Labute approximate surface area is 106 Å². The van der Waals surface area contributed by atoms with E-state index in [4.69, 9.17) is 5.84 Å². The number of aryl methyl sites for hydroxylation is 1. The highest BCUT2D eigenvalue weighted by Gasteiger charge is 2.31. The van der Waals surface area contributed by atoms with E-state index >= 15 is 0 Å². The third-order valence-corrected chi connectivity index (χ3v) is 4.84. The Morgan fingerprint density at radius 1 is 1.50 bits per heavy atom. The molecule has 1 aliphatic rings. The molecule has 1 aromatic rings. The fourth-order valence-corrected chi connectivity index (χ4v) is 3.85. The Kier molecular flexibility index (Phi) is 3.40. The molecule has 2 heterocycles. The van der Waals surface area contributed by atoms with Crippen molar-refractivity contribution < 1.29 is 8.42 Å². The van der Waals surface area contributed by atoms with Crippen LogP contribution in [-0.2, 0) is 9.84 Å². The molecule has 0 radical (unpaired) electrons. The van der Waals surface area contributed by atoms with Crippen molar-refractivity contribution in [2.75, 3.05) is 28.9 Å². The summed E-state index contributed by atoms with van der Waals surface area (Å²) in [5, 5.41) is 0. The summed E-state index contributed by atoms with van der Waals surface area (Å²) in [5.41, 5.74) is 2.47. The van der Waals surface area contributed by atoms with Crippen LogP contribution in [-0.4, -0.2) is 43.0 Å². The molecule has 1 atom stereocenters. The molecule has 8 heteroatoms. The molecular formula is C10H17N5O2S. The molecule has 0 saturated carbocycles. The minimum Gasteiger partial charge on any atom is -0.355 e. The van der Waals surface area contributed by atoms with Crippen LogP contribution in [0.25, 0.3) is 0 Å². The minimum absolute atomic E-state index is 0.0325. The van der Waals surface area contributed by atoms with Crippen LogP contribution in [0, 0.1) is 6.92 Å². The first-order chi connectivity index (χ1) is 8.41. The van der Waals surface area contributed by atoms with Gasteiger partial charge in [0, 0.05) is 19.2 Å². The summed E-state index contributed by atoms with van der Waals surface area (Å²) < 4.78 is 23.0. The Morgan fingerprint density at radius 2 is 2.22 bits per heavy atom. The standard InChI is InChI=1S/C10H17N5O2S/c1-7-12-9(14-11)5-10(13-7)15(2)8-3-4-18(16,17)6-8/h5,8H,3-4,6,11H2,1-2H3,(H,12,13,14). The third-order valence-electron chi connectivity index (χ3n) is 3.09. The lowest BCUT2D eigenvalue weighted by Gasteiger charge is -2.24. The molecule has 2 rings (SSSR count). The predicted molar refractivity (Wildman–Crippen MR) is 70.0 cm³/mol. The smallest absolute Gasteiger partial charge is 0.152 e. The van der Waals surface area contributed by atoms with Gasteiger partial charge in [0.2, 0.25) is 0 Å². The lowest BCUT2D eigenvalue weighted by molar-refractivity contribution is 0.600. The monoisotopic (exact) mass is 271 g/mol. The van der Waals surface area contributed by atoms with Crippen molar-refractivity contribution in [1.29, 1.82) is 0 Å². The van der Waals surface area contributed by atoms with Gasteiger partial charge in [0.1, 0.15) is 17.5 Å². The highest BCUT2D eigenvalue weighted by Crippen LogP contribution is 2.22. The number of hydrazine groups is 1. The van der Waals surface area contributed by atoms with E-state index in [9.17, 15) is 8.42 Å². The summed E-state index contributed by atoms with van der Waals surface area (Å²) in [6, 6.07) is 1.67. The molecule has 0 aromatic carbocycles. The van der Waals surface area contributed by atoms with E-state index in [-0.39, 0.29) is 17.5 Å². The van der Waals surface area contributed by atoms with Crippen molar-refractivity contribution >= 4 is 21.5 Å². The van der Waals surface area contributed by atoms with E-state index in [0.717, 1.165) is 0 Å². The van der Waals surface area contributed by atoms with Gasteiger partial charge in [0.05, 0.1) is 11.5 Å². The average molecular weight is 271 g/mol. The Bertz CT molecular complexity index is 545. The number of anilines is 2. The van der Waals surface area contributed by atoms with Crippen molar-refractivity contribution in [3.63, 3.8) is 0 Å². The van der Waals surface area contributed by atoms with E-state index in [1.54, 1.807) is 13.0 Å². The van der Waals surface area contributed by atoms with Crippen LogP contribution in [0.15, 0.2) is 6.07 Å². The molecule has 1 aromatic heterocycles. The highest BCUT2D eigenvalue weighted by molar-refractivity contribution is 7.91. The third kappa shape index (κ3) is 2.70. The fraction of sp³-hybridized carbons (Fsp3) is 0.600. The molecule has 0 amide bonds. The number of rotatable bonds is 3. The van der Waals surface area contributed by atoms with Crippen LogP contribution >= 0.6 is 0 Å². The first-order valence-electron chi connectivity index (χ1n) is 5.67. The van der Waals surface area contributed by atoms with Gasteiger partial charge in [-0.3, -0.25) is 0 Å². The van der Waals surface area contributed by atoms with Crippen molar-refractivity contribution in [2.24, 2.45) is 5.84 Å². The van der Waals surface area contributed by atoms with Gasteiger partial charge in [-0.25, -0.2) is 24.2 Å². The summed E-state index contributed by atoms with van der Waals surface area (Å²) in [7, 11) is -1.06. The van der Waals surface area contributed by atoms with Gasteiger partial charge in [-0.1, -0.05) is 0 Å². The maximum absolute atomic E-state index is 11.5. The van der Waals surface area contributed by atoms with Crippen LogP contribution in [0.2, 0.25) is 0 Å². The molecule has 3 N–H and O–H groups in total. The average Bonchev–Trinajstić information content (AvgIpc) is 2.67. The zero-order valence-electron chi connectivity index (χ0n) is 10.4. The second-order valence-corrected chi connectivity index (χ2v) is 6.70. The van der Waals surface area contributed by atoms with Crippen molar-refractivity contribution in [3.8, 4) is 0 Å². The molecule has 1 fully saturated rings. The summed E-state index contributed by atoms with van der Waals surface area (Å²) in [6.45, 7) is 1.77. The van der Waals surface area contributed by atoms with Crippen molar-refractivity contribution in [2.45, 2.75) is 19.4 Å². The molecule has 1 unspecified atom stereocenters. The van der Waals surface area contributed by atoms with E-state index in [0.29, 0.717) is 23.9 Å². The zero-order valence-corrected chi connectivity index (χ0v) is 11.2. The van der Waals surface area contributed by atoms with E-state index in [2.05, 4.69) is 15.4 Å².